The topological polar surface area (TPSA) is 74.4 Å². The van der Waals surface area contributed by atoms with Crippen molar-refractivity contribution in [1.29, 1.82) is 0 Å². The van der Waals surface area contributed by atoms with Gasteiger partial charge in [-0.1, -0.05) is 13.8 Å². The second-order valence-corrected chi connectivity index (χ2v) is 11.0. The molecule has 180 valence electrons. The highest BCUT2D eigenvalue weighted by Crippen LogP contribution is 2.39. The minimum Gasteiger partial charge on any atom is -0.375 e. The van der Waals surface area contributed by atoms with Crippen molar-refractivity contribution in [2.75, 3.05) is 13.2 Å². The number of aromatic amines is 1. The first-order chi connectivity index (χ1) is 15.0. The maximum Gasteiger partial charge on any atom is 0.253 e. The molecule has 5 atom stereocenters. The van der Waals surface area contributed by atoms with Crippen molar-refractivity contribution in [2.45, 2.75) is 96.8 Å². The van der Waals surface area contributed by atoms with Crippen LogP contribution in [-0.4, -0.2) is 52.0 Å². The SMILES string of the molecule is CCN(C1CCOC(C)(C)C1)C1CC(Cl)CC(C(=O)NCc2c(C)cc(C)[nH]c2=O)C1C. The van der Waals surface area contributed by atoms with E-state index in [2.05, 4.69) is 42.9 Å². The van der Waals surface area contributed by atoms with Gasteiger partial charge in [0.2, 0.25) is 5.91 Å². The summed E-state index contributed by atoms with van der Waals surface area (Å²) in [5.74, 6) is 0.0203. The Morgan fingerprint density at radius 1 is 1.34 bits per heavy atom. The Hall–Kier alpha value is -1.37. The molecule has 0 spiro atoms. The van der Waals surface area contributed by atoms with Crippen molar-refractivity contribution in [3.05, 3.63) is 33.2 Å². The number of hydrogen-bond donors (Lipinski definition) is 2. The van der Waals surface area contributed by atoms with E-state index in [-0.39, 0.29) is 46.9 Å². The molecule has 1 saturated heterocycles. The molecule has 3 rings (SSSR count). The molecule has 0 radical (unpaired) electrons. The van der Waals surface area contributed by atoms with Crippen molar-refractivity contribution in [3.8, 4) is 0 Å². The van der Waals surface area contributed by atoms with Gasteiger partial charge in [0.25, 0.3) is 5.56 Å². The zero-order chi connectivity index (χ0) is 23.6. The van der Waals surface area contributed by atoms with Gasteiger partial charge in [-0.15, -0.1) is 11.6 Å². The lowest BCUT2D eigenvalue weighted by Crippen LogP contribution is -2.56. The number of alkyl halides is 1. The molecule has 2 N–H and O–H groups in total. The number of nitrogens with zero attached hydrogens (tertiary/aromatic N) is 1. The molecule has 7 heteroatoms. The minimum absolute atomic E-state index is 0.00409. The summed E-state index contributed by atoms with van der Waals surface area (Å²) >= 11 is 6.71. The quantitative estimate of drug-likeness (QED) is 0.624. The third-order valence-corrected chi connectivity index (χ3v) is 7.81. The summed E-state index contributed by atoms with van der Waals surface area (Å²) in [6, 6.07) is 2.64. The highest BCUT2D eigenvalue weighted by Gasteiger charge is 2.43. The van der Waals surface area contributed by atoms with Crippen LogP contribution in [0.25, 0.3) is 0 Å². The fourth-order valence-corrected chi connectivity index (χ4v) is 6.14. The number of ether oxygens (including phenoxy) is 1. The summed E-state index contributed by atoms with van der Waals surface area (Å²) in [5, 5.41) is 3.01. The predicted octanol–water partition coefficient (Wildman–Crippen LogP) is 3.91. The smallest absolute Gasteiger partial charge is 0.253 e. The fourth-order valence-electron chi connectivity index (χ4n) is 5.77. The van der Waals surface area contributed by atoms with Gasteiger partial charge < -0.3 is 15.0 Å². The van der Waals surface area contributed by atoms with E-state index in [1.54, 1.807) is 0 Å². The molecule has 2 fully saturated rings. The van der Waals surface area contributed by atoms with Gasteiger partial charge in [-0.05, 0) is 77.5 Å². The van der Waals surface area contributed by atoms with Crippen LogP contribution in [0.3, 0.4) is 0 Å². The Labute approximate surface area is 197 Å². The minimum atomic E-state index is -0.164. The van der Waals surface area contributed by atoms with Crippen LogP contribution in [0.15, 0.2) is 10.9 Å². The average Bonchev–Trinajstić information content (AvgIpc) is 2.69. The summed E-state index contributed by atoms with van der Waals surface area (Å²) in [4.78, 5) is 31.0. The number of aryl methyl sites for hydroxylation is 2. The molecule has 32 heavy (non-hydrogen) atoms. The van der Waals surface area contributed by atoms with E-state index < -0.39 is 0 Å². The standard InChI is InChI=1S/C25H40ClN3O3/c1-7-29(19-8-9-32-25(5,6)13-19)22-12-18(26)11-20(17(22)4)23(30)27-14-21-15(2)10-16(3)28-24(21)31/h10,17-20,22H,7-9,11-14H2,1-6H3,(H,27,30)(H,28,31). The largest absolute Gasteiger partial charge is 0.375 e. The molecule has 5 unspecified atom stereocenters. The Kier molecular flexibility index (Phi) is 8.11. The zero-order valence-corrected chi connectivity index (χ0v) is 21.2. The summed E-state index contributed by atoms with van der Waals surface area (Å²) in [6.07, 6.45) is 3.57. The van der Waals surface area contributed by atoms with Gasteiger partial charge in [-0.25, -0.2) is 0 Å². The Balaban J connectivity index is 1.72. The molecular weight excluding hydrogens is 426 g/mol. The first-order valence-electron chi connectivity index (χ1n) is 12.0. The number of halogens is 1. The summed E-state index contributed by atoms with van der Waals surface area (Å²) in [5.41, 5.74) is 2.09. The summed E-state index contributed by atoms with van der Waals surface area (Å²) in [6.45, 7) is 14.4. The van der Waals surface area contributed by atoms with Crippen molar-refractivity contribution in [1.82, 2.24) is 15.2 Å². The zero-order valence-electron chi connectivity index (χ0n) is 20.5. The van der Waals surface area contributed by atoms with Crippen LogP contribution in [-0.2, 0) is 16.1 Å². The molecule has 6 nitrogen and oxygen atoms in total. The molecule has 1 aliphatic carbocycles. The van der Waals surface area contributed by atoms with Crippen molar-refractivity contribution >= 4 is 17.5 Å². The third kappa shape index (κ3) is 5.75. The number of nitrogens with one attached hydrogen (secondary N) is 2. The lowest BCUT2D eigenvalue weighted by atomic mass is 9.74. The van der Waals surface area contributed by atoms with Gasteiger partial charge in [0.1, 0.15) is 0 Å². The Morgan fingerprint density at radius 3 is 2.69 bits per heavy atom. The van der Waals surface area contributed by atoms with Gasteiger partial charge in [0.15, 0.2) is 0 Å². The van der Waals surface area contributed by atoms with E-state index in [9.17, 15) is 9.59 Å². The number of amides is 1. The molecular formula is C25H40ClN3O3. The van der Waals surface area contributed by atoms with E-state index in [0.717, 1.165) is 43.7 Å². The fraction of sp³-hybridized carbons (Fsp3) is 0.760. The predicted molar refractivity (Wildman–Crippen MR) is 129 cm³/mol. The molecule has 0 bridgehead atoms. The number of aromatic nitrogens is 1. The Morgan fingerprint density at radius 2 is 2.06 bits per heavy atom. The molecule has 1 amide bonds. The van der Waals surface area contributed by atoms with E-state index in [1.807, 2.05) is 19.9 Å². The Bertz CT molecular complexity index is 868. The van der Waals surface area contributed by atoms with E-state index >= 15 is 0 Å². The summed E-state index contributed by atoms with van der Waals surface area (Å²) < 4.78 is 5.94. The van der Waals surface area contributed by atoms with E-state index in [4.69, 9.17) is 16.3 Å². The first-order valence-corrected chi connectivity index (χ1v) is 12.5. The molecule has 0 aromatic carbocycles. The van der Waals surface area contributed by atoms with E-state index in [1.165, 1.54) is 0 Å². The number of carbonyl (C=O) groups excluding carboxylic acids is 1. The maximum atomic E-state index is 13.2. The number of H-pyrrole nitrogens is 1. The van der Waals surface area contributed by atoms with Crippen molar-refractivity contribution < 1.29 is 9.53 Å². The van der Waals surface area contributed by atoms with Gasteiger partial charge in [-0.3, -0.25) is 14.5 Å². The van der Waals surface area contributed by atoms with Crippen LogP contribution < -0.4 is 10.9 Å². The second kappa shape index (κ2) is 10.3. The van der Waals surface area contributed by atoms with Gasteiger partial charge >= 0.3 is 0 Å². The van der Waals surface area contributed by atoms with Gasteiger partial charge in [0.05, 0.1) is 5.60 Å². The molecule has 2 heterocycles. The molecule has 1 saturated carbocycles. The molecule has 1 aliphatic heterocycles. The second-order valence-electron chi connectivity index (χ2n) is 10.3. The lowest BCUT2D eigenvalue weighted by Gasteiger charge is -2.49. The van der Waals surface area contributed by atoms with Crippen LogP contribution in [0.5, 0.6) is 0 Å². The lowest BCUT2D eigenvalue weighted by molar-refractivity contribution is -0.131. The monoisotopic (exact) mass is 465 g/mol. The van der Waals surface area contributed by atoms with Crippen LogP contribution in [0.4, 0.5) is 0 Å². The van der Waals surface area contributed by atoms with Gasteiger partial charge in [-0.2, -0.15) is 0 Å². The number of hydrogen-bond acceptors (Lipinski definition) is 4. The van der Waals surface area contributed by atoms with Crippen LogP contribution in [0.1, 0.15) is 70.2 Å². The van der Waals surface area contributed by atoms with Gasteiger partial charge in [0, 0.05) is 47.8 Å². The highest BCUT2D eigenvalue weighted by molar-refractivity contribution is 6.20. The van der Waals surface area contributed by atoms with Crippen LogP contribution in [0, 0.1) is 25.7 Å². The molecule has 1 aromatic rings. The normalized spacial score (nSPS) is 30.3. The molecule has 2 aliphatic rings. The average molecular weight is 466 g/mol. The molecule has 1 aromatic heterocycles. The number of pyridine rings is 1. The van der Waals surface area contributed by atoms with Crippen LogP contribution in [0.2, 0.25) is 0 Å². The van der Waals surface area contributed by atoms with Crippen LogP contribution >= 0.6 is 11.6 Å². The van der Waals surface area contributed by atoms with Crippen molar-refractivity contribution in [3.63, 3.8) is 0 Å². The third-order valence-electron chi connectivity index (χ3n) is 7.45. The maximum absolute atomic E-state index is 13.2. The highest BCUT2D eigenvalue weighted by atomic mass is 35.5. The number of carbonyl (C=O) groups is 1. The van der Waals surface area contributed by atoms with E-state index in [0.29, 0.717) is 18.0 Å². The summed E-state index contributed by atoms with van der Waals surface area (Å²) in [7, 11) is 0. The van der Waals surface area contributed by atoms with Crippen molar-refractivity contribution in [2.24, 2.45) is 11.8 Å². The number of rotatable bonds is 6. The first kappa shape index (κ1) is 25.3.